The van der Waals surface area contributed by atoms with Crippen LogP contribution in [0.5, 0.6) is 0 Å². The fourth-order valence-corrected chi connectivity index (χ4v) is 3.50. The smallest absolute Gasteiger partial charge is 0.223 e. The summed E-state index contributed by atoms with van der Waals surface area (Å²) in [6, 6.07) is 0. The number of amides is 1. The molecule has 0 bridgehead atoms. The molecule has 0 saturated carbocycles. The Morgan fingerprint density at radius 1 is 0.897 bits per heavy atom. The number of nitrogens with one attached hydrogen (secondary N) is 1. The van der Waals surface area contributed by atoms with Gasteiger partial charge >= 0.3 is 0 Å². The largest absolute Gasteiger partial charge is 0.376 e. The molecule has 1 N–H and O–H groups in total. The van der Waals surface area contributed by atoms with Crippen molar-refractivity contribution in [1.82, 2.24) is 5.32 Å². The maximum absolute atomic E-state index is 12.5. The minimum atomic E-state index is -0.181. The lowest BCUT2D eigenvalue weighted by atomic mass is 9.79. The minimum absolute atomic E-state index is 0.00641. The van der Waals surface area contributed by atoms with Gasteiger partial charge in [0.2, 0.25) is 5.91 Å². The molecule has 0 heterocycles. The third-order valence-corrected chi connectivity index (χ3v) is 6.29. The van der Waals surface area contributed by atoms with Gasteiger partial charge in [0, 0.05) is 11.3 Å². The van der Waals surface area contributed by atoms with Gasteiger partial charge in [0.25, 0.3) is 0 Å². The molecule has 0 radical (unpaired) electrons. The third kappa shape index (κ3) is 14.1. The summed E-state index contributed by atoms with van der Waals surface area (Å²) in [6.45, 7) is 25.8. The maximum Gasteiger partial charge on any atom is 0.223 e. The molecular formula is C25H47NO2S. The van der Waals surface area contributed by atoms with Crippen LogP contribution < -0.4 is 5.32 Å². The number of ether oxygens (including phenoxy) is 1. The quantitative estimate of drug-likeness (QED) is 0.320. The van der Waals surface area contributed by atoms with Crippen molar-refractivity contribution in [1.29, 1.82) is 0 Å². The van der Waals surface area contributed by atoms with E-state index in [1.165, 1.54) is 0 Å². The highest BCUT2D eigenvalue weighted by molar-refractivity contribution is 8.00. The van der Waals surface area contributed by atoms with E-state index in [0.717, 1.165) is 12.8 Å². The number of carbonyl (C=O) groups is 1. The Morgan fingerprint density at radius 3 is 1.90 bits per heavy atom. The predicted octanol–water partition coefficient (Wildman–Crippen LogP) is 6.51. The molecule has 0 spiro atoms. The van der Waals surface area contributed by atoms with Gasteiger partial charge in [-0.15, -0.1) is 11.8 Å². The average Bonchev–Trinajstić information content (AvgIpc) is 2.50. The summed E-state index contributed by atoms with van der Waals surface area (Å²) in [7, 11) is 0. The number of carbonyl (C=O) groups excluding carboxylic acids is 1. The number of rotatable bonds is 10. The van der Waals surface area contributed by atoms with E-state index in [2.05, 4.69) is 93.3 Å². The van der Waals surface area contributed by atoms with Crippen LogP contribution in [0.1, 0.15) is 95.9 Å². The molecule has 0 rings (SSSR count). The van der Waals surface area contributed by atoms with Gasteiger partial charge in [-0.25, -0.2) is 0 Å². The number of thioether (sulfide) groups is 1. The van der Waals surface area contributed by atoms with Crippen molar-refractivity contribution >= 4 is 17.7 Å². The van der Waals surface area contributed by atoms with Crippen molar-refractivity contribution in [3.63, 3.8) is 0 Å². The summed E-state index contributed by atoms with van der Waals surface area (Å²) in [5.41, 5.74) is 0.282. The van der Waals surface area contributed by atoms with Gasteiger partial charge in [-0.3, -0.25) is 4.79 Å². The topological polar surface area (TPSA) is 38.3 Å². The normalized spacial score (nSPS) is 17.0. The Bertz CT molecular complexity index is 560. The van der Waals surface area contributed by atoms with Crippen LogP contribution in [0.25, 0.3) is 0 Å². The van der Waals surface area contributed by atoms with E-state index in [4.69, 9.17) is 4.74 Å². The zero-order valence-electron chi connectivity index (χ0n) is 21.2. The second-order valence-electron chi connectivity index (χ2n) is 11.2. The molecule has 4 atom stereocenters. The first-order valence-electron chi connectivity index (χ1n) is 11.0. The fraction of sp³-hybridized carbons (Fsp3) is 0.880. The van der Waals surface area contributed by atoms with Crippen LogP contribution >= 0.6 is 11.8 Å². The van der Waals surface area contributed by atoms with Crippen LogP contribution in [0.15, 0.2) is 0 Å². The Morgan fingerprint density at radius 2 is 1.41 bits per heavy atom. The summed E-state index contributed by atoms with van der Waals surface area (Å²) in [4.78, 5) is 12.5. The van der Waals surface area contributed by atoms with Gasteiger partial charge < -0.3 is 10.1 Å². The standard InChI is InChI=1S/C25H47NO2S/c1-18(15-20(3)28-21(4)16-19(2)24(8,9)10)22(27)26-17-29-25(11,12)14-13-23(5,6)7/h18-21H,15-17H2,1-12H3,(H,26,27). The van der Waals surface area contributed by atoms with E-state index in [9.17, 15) is 4.79 Å². The number of hydrogen-bond donors (Lipinski definition) is 1. The first-order chi connectivity index (χ1) is 12.9. The molecule has 1 amide bonds. The summed E-state index contributed by atoms with van der Waals surface area (Å²) in [6.07, 6.45) is 2.04. The van der Waals surface area contributed by atoms with E-state index in [1.54, 1.807) is 11.8 Å². The monoisotopic (exact) mass is 425 g/mol. The van der Waals surface area contributed by atoms with Crippen molar-refractivity contribution in [2.45, 2.75) is 113 Å². The molecular weight excluding hydrogens is 378 g/mol. The first kappa shape index (κ1) is 28.3. The second kappa shape index (κ2) is 11.7. The Labute approximate surface area is 185 Å². The second-order valence-corrected chi connectivity index (χ2v) is 12.8. The zero-order valence-corrected chi connectivity index (χ0v) is 22.0. The van der Waals surface area contributed by atoms with Gasteiger partial charge in [0.05, 0.1) is 22.8 Å². The molecule has 0 fully saturated rings. The highest BCUT2D eigenvalue weighted by Crippen LogP contribution is 2.30. The highest BCUT2D eigenvalue weighted by Gasteiger charge is 2.24. The van der Waals surface area contributed by atoms with Crippen LogP contribution in [-0.4, -0.2) is 28.7 Å². The lowest BCUT2D eigenvalue weighted by molar-refractivity contribution is -0.125. The molecule has 4 unspecified atom stereocenters. The lowest BCUT2D eigenvalue weighted by Gasteiger charge is -2.31. The van der Waals surface area contributed by atoms with Gasteiger partial charge in [-0.1, -0.05) is 46.5 Å². The summed E-state index contributed by atoms with van der Waals surface area (Å²) < 4.78 is 5.97. The lowest BCUT2D eigenvalue weighted by Crippen LogP contribution is -2.33. The maximum atomic E-state index is 12.5. The van der Waals surface area contributed by atoms with Crippen LogP contribution in [0, 0.1) is 34.5 Å². The molecule has 0 saturated heterocycles. The van der Waals surface area contributed by atoms with E-state index in [0.29, 0.717) is 11.8 Å². The van der Waals surface area contributed by atoms with Crippen LogP contribution in [0.3, 0.4) is 0 Å². The van der Waals surface area contributed by atoms with Crippen molar-refractivity contribution in [2.75, 3.05) is 5.88 Å². The molecule has 0 aliphatic rings. The predicted molar refractivity (Wildman–Crippen MR) is 129 cm³/mol. The van der Waals surface area contributed by atoms with Crippen molar-refractivity contribution in [3.8, 4) is 11.8 Å². The Hall–Kier alpha value is -0.660. The van der Waals surface area contributed by atoms with Gasteiger partial charge in [0.15, 0.2) is 0 Å². The summed E-state index contributed by atoms with van der Waals surface area (Å²) >= 11 is 1.67. The molecule has 0 aliphatic heterocycles. The molecule has 4 heteroatoms. The Kier molecular flexibility index (Phi) is 11.4. The van der Waals surface area contributed by atoms with E-state index in [-0.39, 0.29) is 39.6 Å². The minimum Gasteiger partial charge on any atom is -0.376 e. The van der Waals surface area contributed by atoms with Crippen LogP contribution in [-0.2, 0) is 9.53 Å². The van der Waals surface area contributed by atoms with Crippen molar-refractivity contribution in [3.05, 3.63) is 0 Å². The molecule has 29 heavy (non-hydrogen) atoms. The van der Waals surface area contributed by atoms with Gasteiger partial charge in [0.1, 0.15) is 0 Å². The average molecular weight is 426 g/mol. The third-order valence-electron chi connectivity index (χ3n) is 5.18. The van der Waals surface area contributed by atoms with Gasteiger partial charge in [-0.2, -0.15) is 0 Å². The van der Waals surface area contributed by atoms with Gasteiger partial charge in [-0.05, 0) is 72.6 Å². The van der Waals surface area contributed by atoms with E-state index < -0.39 is 0 Å². The van der Waals surface area contributed by atoms with Crippen LogP contribution in [0.4, 0.5) is 0 Å². The van der Waals surface area contributed by atoms with E-state index in [1.807, 2.05) is 6.92 Å². The zero-order chi connectivity index (χ0) is 23.0. The van der Waals surface area contributed by atoms with Crippen molar-refractivity contribution < 1.29 is 9.53 Å². The summed E-state index contributed by atoms with van der Waals surface area (Å²) in [5.74, 6) is 7.79. The highest BCUT2D eigenvalue weighted by atomic mass is 32.2. The fourth-order valence-electron chi connectivity index (χ4n) is 2.80. The van der Waals surface area contributed by atoms with Crippen LogP contribution in [0.2, 0.25) is 0 Å². The molecule has 0 aliphatic carbocycles. The molecule has 170 valence electrons. The Balaban J connectivity index is 4.38. The molecule has 3 nitrogen and oxygen atoms in total. The molecule has 0 aromatic rings. The summed E-state index contributed by atoms with van der Waals surface area (Å²) in [5, 5.41) is 3.05. The van der Waals surface area contributed by atoms with E-state index >= 15 is 0 Å². The molecule has 0 aromatic heterocycles. The van der Waals surface area contributed by atoms with Crippen molar-refractivity contribution in [2.24, 2.45) is 22.7 Å². The molecule has 0 aromatic carbocycles. The SMILES string of the molecule is CC(CC(C)C(=O)NCSC(C)(C)C#CC(C)(C)C)OC(C)CC(C)C(C)(C)C. The first-order valence-corrected chi connectivity index (χ1v) is 12.0. The number of hydrogen-bond acceptors (Lipinski definition) is 3.